The topological polar surface area (TPSA) is 43.8 Å². The van der Waals surface area contributed by atoms with Crippen molar-refractivity contribution in [2.24, 2.45) is 0 Å². The van der Waals surface area contributed by atoms with Crippen LogP contribution in [0.3, 0.4) is 0 Å². The number of nitrogen functional groups attached to an aromatic ring is 1. The zero-order chi connectivity index (χ0) is 8.72. The van der Waals surface area contributed by atoms with E-state index in [2.05, 4.69) is 16.5 Å². The van der Waals surface area contributed by atoms with E-state index in [1.165, 1.54) is 12.8 Å². The summed E-state index contributed by atoms with van der Waals surface area (Å²) in [5.41, 5.74) is 7.09. The van der Waals surface area contributed by atoms with Gasteiger partial charge in [-0.1, -0.05) is 0 Å². The highest BCUT2D eigenvalue weighted by atomic mass is 15.1. The Bertz CT molecular complexity index is 297. The van der Waals surface area contributed by atoms with Gasteiger partial charge in [-0.3, -0.25) is 0 Å². The maximum atomic E-state index is 5.96. The van der Waals surface area contributed by atoms with Crippen molar-refractivity contribution in [3.8, 4) is 0 Å². The summed E-state index contributed by atoms with van der Waals surface area (Å²) in [5.74, 6) is 2.60. The van der Waals surface area contributed by atoms with Crippen molar-refractivity contribution in [3.63, 3.8) is 0 Å². The molecule has 1 aliphatic carbocycles. The molecule has 1 aromatic heterocycles. The zero-order valence-electron chi connectivity index (χ0n) is 7.67. The lowest BCUT2D eigenvalue weighted by Gasteiger charge is -2.02. The molecule has 3 nitrogen and oxygen atoms in total. The third kappa shape index (κ3) is 1.00. The van der Waals surface area contributed by atoms with Crippen LogP contribution in [0.5, 0.6) is 0 Å². The summed E-state index contributed by atoms with van der Waals surface area (Å²) in [6.45, 7) is 5.05. The number of hydrogen-bond acceptors (Lipinski definition) is 2. The fourth-order valence-electron chi connectivity index (χ4n) is 1.66. The second-order valence-electron chi connectivity index (χ2n) is 3.45. The van der Waals surface area contributed by atoms with E-state index in [9.17, 15) is 0 Å². The molecule has 2 N–H and O–H groups in total. The van der Waals surface area contributed by atoms with Crippen molar-refractivity contribution in [3.05, 3.63) is 11.5 Å². The molecule has 66 valence electrons. The molecular weight excluding hydrogens is 150 g/mol. The van der Waals surface area contributed by atoms with Gasteiger partial charge in [-0.25, -0.2) is 4.98 Å². The van der Waals surface area contributed by atoms with E-state index >= 15 is 0 Å². The Labute approximate surface area is 72.6 Å². The molecule has 1 aliphatic rings. The molecule has 0 amide bonds. The number of hydrogen-bond donors (Lipinski definition) is 1. The van der Waals surface area contributed by atoms with Crippen molar-refractivity contribution in [2.45, 2.75) is 39.2 Å². The number of rotatable bonds is 2. The largest absolute Gasteiger partial charge is 0.384 e. The highest BCUT2D eigenvalue weighted by Gasteiger charge is 2.29. The van der Waals surface area contributed by atoms with E-state index in [-0.39, 0.29) is 0 Å². The van der Waals surface area contributed by atoms with E-state index in [4.69, 9.17) is 5.73 Å². The SMILES string of the molecule is CCn1c(C)nc(C2CC2)c1N. The van der Waals surface area contributed by atoms with E-state index in [1.807, 2.05) is 6.92 Å². The molecule has 12 heavy (non-hydrogen) atoms. The maximum absolute atomic E-state index is 5.96. The Morgan fingerprint density at radius 3 is 2.67 bits per heavy atom. The molecule has 0 aromatic carbocycles. The highest BCUT2D eigenvalue weighted by molar-refractivity contribution is 5.42. The van der Waals surface area contributed by atoms with Gasteiger partial charge in [0, 0.05) is 12.5 Å². The van der Waals surface area contributed by atoms with Crippen molar-refractivity contribution in [1.82, 2.24) is 9.55 Å². The van der Waals surface area contributed by atoms with Crippen molar-refractivity contribution < 1.29 is 0 Å². The lowest BCUT2D eigenvalue weighted by atomic mass is 10.3. The number of aryl methyl sites for hydroxylation is 1. The van der Waals surface area contributed by atoms with E-state index in [1.54, 1.807) is 0 Å². The van der Waals surface area contributed by atoms with Crippen LogP contribution in [0.2, 0.25) is 0 Å². The van der Waals surface area contributed by atoms with Crippen molar-refractivity contribution >= 4 is 5.82 Å². The molecular formula is C9H15N3. The summed E-state index contributed by atoms with van der Waals surface area (Å²) < 4.78 is 2.08. The van der Waals surface area contributed by atoms with Crippen LogP contribution in [-0.4, -0.2) is 9.55 Å². The molecule has 1 aromatic rings. The van der Waals surface area contributed by atoms with Gasteiger partial charge in [0.15, 0.2) is 0 Å². The number of aromatic nitrogens is 2. The first kappa shape index (κ1) is 7.65. The number of nitrogens with two attached hydrogens (primary N) is 1. The quantitative estimate of drug-likeness (QED) is 0.724. The maximum Gasteiger partial charge on any atom is 0.127 e. The standard InChI is InChI=1S/C9H15N3/c1-3-12-6(2)11-8(9(12)10)7-4-5-7/h7H,3-5,10H2,1-2H3. The van der Waals surface area contributed by atoms with Crippen LogP contribution in [-0.2, 0) is 6.54 Å². The monoisotopic (exact) mass is 165 g/mol. The minimum Gasteiger partial charge on any atom is -0.384 e. The highest BCUT2D eigenvalue weighted by Crippen LogP contribution is 2.42. The summed E-state index contributed by atoms with van der Waals surface area (Å²) in [5, 5.41) is 0. The molecule has 0 unspecified atom stereocenters. The van der Waals surface area contributed by atoms with Crippen LogP contribution in [0.4, 0.5) is 5.82 Å². The summed E-state index contributed by atoms with van der Waals surface area (Å²) in [6.07, 6.45) is 2.54. The van der Waals surface area contributed by atoms with Gasteiger partial charge in [-0.15, -0.1) is 0 Å². The molecule has 0 atom stereocenters. The zero-order valence-corrected chi connectivity index (χ0v) is 7.67. The second-order valence-corrected chi connectivity index (χ2v) is 3.45. The third-order valence-electron chi connectivity index (χ3n) is 2.51. The predicted octanol–water partition coefficient (Wildman–Crippen LogP) is 1.67. The minimum atomic E-state index is 0.663. The van der Waals surface area contributed by atoms with E-state index in [0.29, 0.717) is 5.92 Å². The lowest BCUT2D eigenvalue weighted by Crippen LogP contribution is -2.02. The van der Waals surface area contributed by atoms with Crippen LogP contribution in [0.15, 0.2) is 0 Å². The van der Waals surface area contributed by atoms with Crippen LogP contribution >= 0.6 is 0 Å². The van der Waals surface area contributed by atoms with E-state index < -0.39 is 0 Å². The van der Waals surface area contributed by atoms with Crippen LogP contribution < -0.4 is 5.73 Å². The lowest BCUT2D eigenvalue weighted by molar-refractivity contribution is 0.739. The fourth-order valence-corrected chi connectivity index (χ4v) is 1.66. The van der Waals surface area contributed by atoms with E-state index in [0.717, 1.165) is 23.9 Å². The Morgan fingerprint density at radius 1 is 1.58 bits per heavy atom. The van der Waals surface area contributed by atoms with Gasteiger partial charge in [-0.05, 0) is 26.7 Å². The Kier molecular flexibility index (Phi) is 1.60. The van der Waals surface area contributed by atoms with Gasteiger partial charge in [0.2, 0.25) is 0 Å². The Balaban J connectivity index is 2.42. The molecule has 0 aliphatic heterocycles. The molecule has 1 fully saturated rings. The number of nitrogens with zero attached hydrogens (tertiary/aromatic N) is 2. The van der Waals surface area contributed by atoms with Crippen molar-refractivity contribution in [2.75, 3.05) is 5.73 Å². The van der Waals surface area contributed by atoms with Crippen LogP contribution in [0, 0.1) is 6.92 Å². The first-order valence-corrected chi connectivity index (χ1v) is 4.56. The molecule has 0 saturated heterocycles. The van der Waals surface area contributed by atoms with Gasteiger partial charge in [-0.2, -0.15) is 0 Å². The van der Waals surface area contributed by atoms with Gasteiger partial charge in [0.05, 0.1) is 5.69 Å². The number of imidazole rings is 1. The normalized spacial score (nSPS) is 16.8. The fraction of sp³-hybridized carbons (Fsp3) is 0.667. The molecule has 0 bridgehead atoms. The van der Waals surface area contributed by atoms with Crippen LogP contribution in [0.25, 0.3) is 0 Å². The molecule has 3 heteroatoms. The second kappa shape index (κ2) is 2.51. The molecule has 1 heterocycles. The molecule has 0 radical (unpaired) electrons. The summed E-state index contributed by atoms with van der Waals surface area (Å²) >= 11 is 0. The average Bonchev–Trinajstić information content (AvgIpc) is 2.80. The molecule has 0 spiro atoms. The smallest absolute Gasteiger partial charge is 0.127 e. The predicted molar refractivity (Wildman–Crippen MR) is 49.0 cm³/mol. The van der Waals surface area contributed by atoms with Crippen LogP contribution in [0.1, 0.15) is 37.2 Å². The number of anilines is 1. The summed E-state index contributed by atoms with van der Waals surface area (Å²) in [7, 11) is 0. The van der Waals surface area contributed by atoms with Gasteiger partial charge in [0.1, 0.15) is 11.6 Å². The summed E-state index contributed by atoms with van der Waals surface area (Å²) in [4.78, 5) is 4.48. The Morgan fingerprint density at radius 2 is 2.25 bits per heavy atom. The third-order valence-corrected chi connectivity index (χ3v) is 2.51. The first-order chi connectivity index (χ1) is 5.74. The van der Waals surface area contributed by atoms with Gasteiger partial charge in [0.25, 0.3) is 0 Å². The van der Waals surface area contributed by atoms with Gasteiger partial charge < -0.3 is 10.3 Å². The Hall–Kier alpha value is -0.990. The van der Waals surface area contributed by atoms with Gasteiger partial charge >= 0.3 is 0 Å². The average molecular weight is 165 g/mol. The first-order valence-electron chi connectivity index (χ1n) is 4.56. The van der Waals surface area contributed by atoms with Crippen molar-refractivity contribution in [1.29, 1.82) is 0 Å². The summed E-state index contributed by atoms with van der Waals surface area (Å²) in [6, 6.07) is 0. The molecule has 1 saturated carbocycles. The minimum absolute atomic E-state index is 0.663. The molecule has 2 rings (SSSR count).